The molecule has 0 N–H and O–H groups in total. The lowest BCUT2D eigenvalue weighted by Gasteiger charge is -2.04. The van der Waals surface area contributed by atoms with Gasteiger partial charge in [-0.25, -0.2) is 4.79 Å². The molecule has 0 spiro atoms. The van der Waals surface area contributed by atoms with E-state index in [1.807, 2.05) is 36.4 Å². The first-order valence-corrected chi connectivity index (χ1v) is 6.64. The van der Waals surface area contributed by atoms with Crippen LogP contribution in [0.15, 0.2) is 47.5 Å². The second-order valence-electron chi connectivity index (χ2n) is 4.80. The highest BCUT2D eigenvalue weighted by atomic mass is 16.5. The number of methoxy groups -OCH3 is 2. The van der Waals surface area contributed by atoms with Gasteiger partial charge in [-0.2, -0.15) is 0 Å². The van der Waals surface area contributed by atoms with Crippen molar-refractivity contribution in [3.63, 3.8) is 0 Å². The largest absolute Gasteiger partial charge is 0.497 e. The smallest absolute Gasteiger partial charge is 0.337 e. The highest BCUT2D eigenvalue weighted by molar-refractivity contribution is 6.07. The molecule has 0 aromatic heterocycles. The standard InChI is InChI=1S/C17H15NO3/c1-20-14-6-7-15-13(9-14)10-16(18-15)11-4-3-5-12(8-11)17(19)21-2/h3-9H,10H2,1-2H3. The van der Waals surface area contributed by atoms with E-state index in [1.165, 1.54) is 7.11 Å². The van der Waals surface area contributed by atoms with Gasteiger partial charge in [0.05, 0.1) is 31.2 Å². The van der Waals surface area contributed by atoms with Crippen molar-refractivity contribution in [2.75, 3.05) is 14.2 Å². The molecule has 1 heterocycles. The minimum Gasteiger partial charge on any atom is -0.497 e. The molecule has 0 saturated carbocycles. The van der Waals surface area contributed by atoms with E-state index in [9.17, 15) is 4.79 Å². The maximum absolute atomic E-state index is 11.6. The Morgan fingerprint density at radius 1 is 1.14 bits per heavy atom. The van der Waals surface area contributed by atoms with Crippen molar-refractivity contribution < 1.29 is 14.3 Å². The number of carbonyl (C=O) groups excluding carboxylic acids is 1. The fourth-order valence-electron chi connectivity index (χ4n) is 2.41. The predicted molar refractivity (Wildman–Crippen MR) is 80.7 cm³/mol. The van der Waals surface area contributed by atoms with E-state index in [0.717, 1.165) is 34.7 Å². The molecule has 0 amide bonds. The maximum Gasteiger partial charge on any atom is 0.337 e. The minimum absolute atomic E-state index is 0.338. The van der Waals surface area contributed by atoms with Gasteiger partial charge in [0.25, 0.3) is 0 Å². The second kappa shape index (κ2) is 5.40. The van der Waals surface area contributed by atoms with E-state index in [1.54, 1.807) is 13.2 Å². The Morgan fingerprint density at radius 2 is 2.00 bits per heavy atom. The fourth-order valence-corrected chi connectivity index (χ4v) is 2.41. The number of hydrogen-bond donors (Lipinski definition) is 0. The number of aliphatic imine (C=N–C) groups is 1. The van der Waals surface area contributed by atoms with Gasteiger partial charge in [-0.1, -0.05) is 12.1 Å². The first-order valence-electron chi connectivity index (χ1n) is 6.64. The number of benzene rings is 2. The Morgan fingerprint density at radius 3 is 2.76 bits per heavy atom. The molecule has 3 rings (SSSR count). The van der Waals surface area contributed by atoms with Crippen molar-refractivity contribution in [3.8, 4) is 5.75 Å². The number of carbonyl (C=O) groups is 1. The molecular formula is C17H15NO3. The van der Waals surface area contributed by atoms with Crippen molar-refractivity contribution in [2.24, 2.45) is 4.99 Å². The van der Waals surface area contributed by atoms with Crippen molar-refractivity contribution in [1.82, 2.24) is 0 Å². The van der Waals surface area contributed by atoms with Crippen LogP contribution in [0.4, 0.5) is 5.69 Å². The van der Waals surface area contributed by atoms with Gasteiger partial charge in [0.1, 0.15) is 5.75 Å². The Hall–Kier alpha value is -2.62. The van der Waals surface area contributed by atoms with Crippen LogP contribution in [-0.2, 0) is 11.2 Å². The SMILES string of the molecule is COC(=O)c1cccc(C2=Nc3ccc(OC)cc3C2)c1. The van der Waals surface area contributed by atoms with Crippen LogP contribution in [0.2, 0.25) is 0 Å². The van der Waals surface area contributed by atoms with Gasteiger partial charge in [-0.05, 0) is 41.5 Å². The minimum atomic E-state index is -0.338. The molecule has 4 nitrogen and oxygen atoms in total. The van der Waals surface area contributed by atoms with Crippen molar-refractivity contribution in [1.29, 1.82) is 0 Å². The van der Waals surface area contributed by atoms with E-state index in [-0.39, 0.29) is 5.97 Å². The van der Waals surface area contributed by atoms with Gasteiger partial charge in [0, 0.05) is 6.42 Å². The third-order valence-corrected chi connectivity index (χ3v) is 3.52. The number of ether oxygens (including phenoxy) is 2. The van der Waals surface area contributed by atoms with Crippen LogP contribution in [0.1, 0.15) is 21.5 Å². The van der Waals surface area contributed by atoms with E-state index < -0.39 is 0 Å². The lowest BCUT2D eigenvalue weighted by molar-refractivity contribution is 0.0600. The summed E-state index contributed by atoms with van der Waals surface area (Å²) in [5, 5.41) is 0. The molecule has 2 aromatic carbocycles. The van der Waals surface area contributed by atoms with E-state index in [0.29, 0.717) is 5.56 Å². The molecule has 0 fully saturated rings. The zero-order valence-corrected chi connectivity index (χ0v) is 11.9. The molecule has 21 heavy (non-hydrogen) atoms. The van der Waals surface area contributed by atoms with Crippen molar-refractivity contribution >= 4 is 17.4 Å². The van der Waals surface area contributed by atoms with Gasteiger partial charge in [-0.3, -0.25) is 4.99 Å². The van der Waals surface area contributed by atoms with E-state index in [2.05, 4.69) is 4.99 Å². The van der Waals surface area contributed by atoms with E-state index >= 15 is 0 Å². The average molecular weight is 281 g/mol. The monoisotopic (exact) mass is 281 g/mol. The van der Waals surface area contributed by atoms with Crippen LogP contribution < -0.4 is 4.74 Å². The summed E-state index contributed by atoms with van der Waals surface area (Å²) in [5.74, 6) is 0.489. The Balaban J connectivity index is 1.92. The highest BCUT2D eigenvalue weighted by Gasteiger charge is 2.17. The lowest BCUT2D eigenvalue weighted by atomic mass is 10.0. The average Bonchev–Trinajstić information content (AvgIpc) is 2.97. The number of rotatable bonds is 3. The molecule has 0 saturated heterocycles. The summed E-state index contributed by atoms with van der Waals surface area (Å²) >= 11 is 0. The van der Waals surface area contributed by atoms with Gasteiger partial charge in [0.2, 0.25) is 0 Å². The first-order chi connectivity index (χ1) is 10.2. The van der Waals surface area contributed by atoms with Gasteiger partial charge in [-0.15, -0.1) is 0 Å². The number of nitrogens with zero attached hydrogens (tertiary/aromatic N) is 1. The summed E-state index contributed by atoms with van der Waals surface area (Å²) in [7, 11) is 3.03. The maximum atomic E-state index is 11.6. The van der Waals surface area contributed by atoms with Crippen LogP contribution in [0.5, 0.6) is 5.75 Å². The Kier molecular flexibility index (Phi) is 3.44. The molecule has 2 aromatic rings. The topological polar surface area (TPSA) is 47.9 Å². The molecule has 1 aliphatic rings. The fraction of sp³-hybridized carbons (Fsp3) is 0.176. The van der Waals surface area contributed by atoms with E-state index in [4.69, 9.17) is 9.47 Å². The molecule has 0 bridgehead atoms. The Bertz CT molecular complexity index is 735. The summed E-state index contributed by atoms with van der Waals surface area (Å²) in [6.07, 6.45) is 0.733. The van der Waals surface area contributed by atoms with Crippen LogP contribution >= 0.6 is 0 Å². The highest BCUT2D eigenvalue weighted by Crippen LogP contribution is 2.32. The summed E-state index contributed by atoms with van der Waals surface area (Å²) in [4.78, 5) is 16.2. The first kappa shape index (κ1) is 13.4. The third-order valence-electron chi connectivity index (χ3n) is 3.52. The van der Waals surface area contributed by atoms with Crippen LogP contribution in [0.3, 0.4) is 0 Å². The number of fused-ring (bicyclic) bond motifs is 1. The second-order valence-corrected chi connectivity index (χ2v) is 4.80. The number of hydrogen-bond acceptors (Lipinski definition) is 4. The zero-order chi connectivity index (χ0) is 14.8. The molecule has 0 atom stereocenters. The van der Waals surface area contributed by atoms with Crippen LogP contribution in [-0.4, -0.2) is 25.9 Å². The van der Waals surface area contributed by atoms with Crippen LogP contribution in [0, 0.1) is 0 Å². The lowest BCUT2D eigenvalue weighted by Crippen LogP contribution is -2.05. The molecule has 0 unspecified atom stereocenters. The van der Waals surface area contributed by atoms with Gasteiger partial charge in [0.15, 0.2) is 0 Å². The number of esters is 1. The quantitative estimate of drug-likeness (QED) is 0.812. The van der Waals surface area contributed by atoms with Crippen molar-refractivity contribution in [2.45, 2.75) is 6.42 Å². The molecule has 106 valence electrons. The third kappa shape index (κ3) is 2.52. The molecule has 1 aliphatic heterocycles. The molecule has 0 radical (unpaired) electrons. The molecule has 4 heteroatoms. The molecule has 0 aliphatic carbocycles. The van der Waals surface area contributed by atoms with Crippen molar-refractivity contribution in [3.05, 3.63) is 59.2 Å². The molecular weight excluding hydrogens is 266 g/mol. The predicted octanol–water partition coefficient (Wildman–Crippen LogP) is 3.16. The Labute approximate surface area is 123 Å². The normalized spacial score (nSPS) is 12.6. The van der Waals surface area contributed by atoms with Gasteiger partial charge < -0.3 is 9.47 Å². The van der Waals surface area contributed by atoms with Crippen LogP contribution in [0.25, 0.3) is 0 Å². The summed E-state index contributed by atoms with van der Waals surface area (Å²) in [6.45, 7) is 0. The summed E-state index contributed by atoms with van der Waals surface area (Å²) in [5.41, 5.74) is 4.51. The zero-order valence-electron chi connectivity index (χ0n) is 11.9. The summed E-state index contributed by atoms with van der Waals surface area (Å²) < 4.78 is 9.98. The summed E-state index contributed by atoms with van der Waals surface area (Å²) in [6, 6.07) is 13.2. The van der Waals surface area contributed by atoms with Gasteiger partial charge >= 0.3 is 5.97 Å².